The fourth-order valence-electron chi connectivity index (χ4n) is 2.42. The van der Waals surface area contributed by atoms with Crippen LogP contribution in [0.15, 0.2) is 30.3 Å². The summed E-state index contributed by atoms with van der Waals surface area (Å²) in [6.07, 6.45) is 2.49. The Bertz CT molecular complexity index is 634. The van der Waals surface area contributed by atoms with Crippen LogP contribution in [0.2, 0.25) is 0 Å². The molecular formula is C17H22N4. The van der Waals surface area contributed by atoms with Gasteiger partial charge < -0.3 is 10.2 Å². The number of hydrogen-bond donors (Lipinski definition) is 1. The molecule has 1 heterocycles. The third kappa shape index (κ3) is 3.32. The van der Waals surface area contributed by atoms with Crippen molar-refractivity contribution in [1.82, 2.24) is 9.97 Å². The number of aryl methyl sites for hydroxylation is 2. The van der Waals surface area contributed by atoms with E-state index in [1.165, 1.54) is 18.4 Å². The second-order valence-electron chi connectivity index (χ2n) is 5.70. The highest BCUT2D eigenvalue weighted by Gasteiger charge is 2.22. The highest BCUT2D eigenvalue weighted by molar-refractivity contribution is 5.59. The van der Waals surface area contributed by atoms with Crippen molar-refractivity contribution in [3.63, 3.8) is 0 Å². The number of aromatic nitrogens is 2. The van der Waals surface area contributed by atoms with Crippen molar-refractivity contribution in [3.8, 4) is 0 Å². The fraction of sp³-hybridized carbons (Fsp3) is 0.412. The van der Waals surface area contributed by atoms with Crippen LogP contribution < -0.4 is 10.2 Å². The molecule has 0 spiro atoms. The van der Waals surface area contributed by atoms with E-state index >= 15 is 0 Å². The molecule has 0 saturated heterocycles. The van der Waals surface area contributed by atoms with E-state index in [2.05, 4.69) is 53.3 Å². The molecule has 110 valence electrons. The Balaban J connectivity index is 1.93. The summed E-state index contributed by atoms with van der Waals surface area (Å²) >= 11 is 0. The van der Waals surface area contributed by atoms with Crippen LogP contribution in [0.4, 0.5) is 17.5 Å². The number of nitrogens with one attached hydrogen (secondary N) is 1. The molecule has 1 aromatic carbocycles. The smallest absolute Gasteiger partial charge is 0.232 e. The first-order valence-electron chi connectivity index (χ1n) is 7.62. The maximum atomic E-state index is 4.69. The van der Waals surface area contributed by atoms with E-state index in [0.717, 1.165) is 29.7 Å². The summed E-state index contributed by atoms with van der Waals surface area (Å²) in [4.78, 5) is 11.5. The van der Waals surface area contributed by atoms with Gasteiger partial charge in [-0.05, 0) is 51.3 Å². The van der Waals surface area contributed by atoms with E-state index < -0.39 is 0 Å². The summed E-state index contributed by atoms with van der Waals surface area (Å²) in [5.74, 6) is 1.71. The maximum Gasteiger partial charge on any atom is 0.232 e. The van der Waals surface area contributed by atoms with Gasteiger partial charge >= 0.3 is 0 Å². The van der Waals surface area contributed by atoms with Gasteiger partial charge in [0, 0.05) is 30.0 Å². The third-order valence-electron chi connectivity index (χ3n) is 3.64. The zero-order chi connectivity index (χ0) is 14.8. The molecule has 1 saturated carbocycles. The molecule has 4 nitrogen and oxygen atoms in total. The van der Waals surface area contributed by atoms with E-state index in [1.807, 2.05) is 13.0 Å². The van der Waals surface area contributed by atoms with Crippen molar-refractivity contribution >= 4 is 17.5 Å². The Labute approximate surface area is 126 Å². The molecule has 3 rings (SSSR count). The molecule has 2 aromatic rings. The van der Waals surface area contributed by atoms with E-state index in [4.69, 9.17) is 4.98 Å². The summed E-state index contributed by atoms with van der Waals surface area (Å²) in [5.41, 5.74) is 3.38. The molecule has 0 amide bonds. The van der Waals surface area contributed by atoms with E-state index in [9.17, 15) is 0 Å². The second kappa shape index (κ2) is 5.72. The molecule has 1 aliphatic carbocycles. The molecule has 1 N–H and O–H groups in total. The third-order valence-corrected chi connectivity index (χ3v) is 3.64. The van der Waals surface area contributed by atoms with Gasteiger partial charge in [0.25, 0.3) is 0 Å². The lowest BCUT2D eigenvalue weighted by atomic mass is 10.2. The molecule has 0 bridgehead atoms. The Morgan fingerprint density at radius 1 is 1.19 bits per heavy atom. The summed E-state index contributed by atoms with van der Waals surface area (Å²) < 4.78 is 0. The lowest BCUT2D eigenvalue weighted by Crippen LogP contribution is -2.20. The molecule has 0 unspecified atom stereocenters. The first-order chi connectivity index (χ1) is 10.2. The first kappa shape index (κ1) is 13.9. The van der Waals surface area contributed by atoms with Crippen molar-refractivity contribution in [2.45, 2.75) is 39.7 Å². The Morgan fingerprint density at radius 3 is 2.67 bits per heavy atom. The van der Waals surface area contributed by atoms with Gasteiger partial charge in [0.2, 0.25) is 5.95 Å². The molecule has 1 fully saturated rings. The van der Waals surface area contributed by atoms with Crippen LogP contribution in [0.3, 0.4) is 0 Å². The van der Waals surface area contributed by atoms with Gasteiger partial charge in [-0.15, -0.1) is 0 Å². The molecule has 0 radical (unpaired) electrons. The largest absolute Gasteiger partial charge is 0.367 e. The van der Waals surface area contributed by atoms with Gasteiger partial charge in [0.15, 0.2) is 0 Å². The highest BCUT2D eigenvalue weighted by Crippen LogP contribution is 2.27. The Kier molecular flexibility index (Phi) is 3.78. The van der Waals surface area contributed by atoms with Gasteiger partial charge in [-0.3, -0.25) is 0 Å². The molecule has 1 aromatic heterocycles. The van der Waals surface area contributed by atoms with Gasteiger partial charge in [-0.2, -0.15) is 4.98 Å². The number of hydrogen-bond acceptors (Lipinski definition) is 4. The summed E-state index contributed by atoms with van der Waals surface area (Å²) in [6.45, 7) is 7.10. The fourth-order valence-corrected chi connectivity index (χ4v) is 2.42. The van der Waals surface area contributed by atoms with Crippen molar-refractivity contribution in [2.24, 2.45) is 0 Å². The highest BCUT2D eigenvalue weighted by atomic mass is 15.3. The van der Waals surface area contributed by atoms with Crippen LogP contribution in [-0.4, -0.2) is 22.6 Å². The number of anilines is 3. The monoisotopic (exact) mass is 282 g/mol. The zero-order valence-electron chi connectivity index (χ0n) is 12.9. The minimum absolute atomic E-state index is 0.598. The average molecular weight is 282 g/mol. The van der Waals surface area contributed by atoms with Crippen LogP contribution >= 0.6 is 0 Å². The van der Waals surface area contributed by atoms with Crippen LogP contribution in [0.5, 0.6) is 0 Å². The number of benzene rings is 1. The molecule has 21 heavy (non-hydrogen) atoms. The van der Waals surface area contributed by atoms with Gasteiger partial charge in [0.05, 0.1) is 0 Å². The summed E-state index contributed by atoms with van der Waals surface area (Å²) in [6, 6.07) is 11.1. The normalized spacial score (nSPS) is 14.0. The van der Waals surface area contributed by atoms with Crippen LogP contribution in [0.1, 0.15) is 31.0 Å². The molecular weight excluding hydrogens is 260 g/mol. The topological polar surface area (TPSA) is 41.1 Å². The van der Waals surface area contributed by atoms with E-state index in [0.29, 0.717) is 6.04 Å². The van der Waals surface area contributed by atoms with E-state index in [-0.39, 0.29) is 0 Å². The minimum Gasteiger partial charge on any atom is -0.367 e. The zero-order valence-corrected chi connectivity index (χ0v) is 12.9. The van der Waals surface area contributed by atoms with Crippen molar-refractivity contribution in [2.75, 3.05) is 16.8 Å². The summed E-state index contributed by atoms with van der Waals surface area (Å²) in [7, 11) is 0. The van der Waals surface area contributed by atoms with Crippen LogP contribution in [0, 0.1) is 13.8 Å². The van der Waals surface area contributed by atoms with Gasteiger partial charge in [-0.25, -0.2) is 4.98 Å². The minimum atomic E-state index is 0.598. The standard InChI is InChI=1S/C17H22N4/c1-4-21(15-7-5-6-12(2)10-15)17-18-13(3)11-16(20-17)19-14-8-9-14/h5-7,10-11,14H,4,8-9H2,1-3H3,(H,18,19,20). The van der Waals surface area contributed by atoms with E-state index in [1.54, 1.807) is 0 Å². The first-order valence-corrected chi connectivity index (χ1v) is 7.62. The SMILES string of the molecule is CCN(c1cccc(C)c1)c1nc(C)cc(NC2CC2)n1. The molecule has 4 heteroatoms. The average Bonchev–Trinajstić information content (AvgIpc) is 3.23. The van der Waals surface area contributed by atoms with Crippen molar-refractivity contribution in [3.05, 3.63) is 41.6 Å². The summed E-state index contributed by atoms with van der Waals surface area (Å²) in [5, 5.41) is 3.46. The lowest BCUT2D eigenvalue weighted by molar-refractivity contribution is 0.929. The Morgan fingerprint density at radius 2 is 2.00 bits per heavy atom. The van der Waals surface area contributed by atoms with Gasteiger partial charge in [0.1, 0.15) is 5.82 Å². The van der Waals surface area contributed by atoms with Crippen LogP contribution in [0.25, 0.3) is 0 Å². The molecule has 0 atom stereocenters. The number of rotatable bonds is 5. The predicted molar refractivity (Wildman–Crippen MR) is 87.3 cm³/mol. The second-order valence-corrected chi connectivity index (χ2v) is 5.70. The lowest BCUT2D eigenvalue weighted by Gasteiger charge is -2.22. The molecule has 1 aliphatic rings. The maximum absolute atomic E-state index is 4.69. The predicted octanol–water partition coefficient (Wildman–Crippen LogP) is 3.83. The van der Waals surface area contributed by atoms with Crippen LogP contribution in [-0.2, 0) is 0 Å². The Hall–Kier alpha value is -2.10. The number of nitrogens with zero attached hydrogens (tertiary/aromatic N) is 3. The van der Waals surface area contributed by atoms with Crippen molar-refractivity contribution < 1.29 is 0 Å². The van der Waals surface area contributed by atoms with Gasteiger partial charge in [-0.1, -0.05) is 12.1 Å². The quantitative estimate of drug-likeness (QED) is 0.905. The molecule has 0 aliphatic heterocycles. The van der Waals surface area contributed by atoms with Crippen molar-refractivity contribution in [1.29, 1.82) is 0 Å².